The first-order valence-electron chi connectivity index (χ1n) is 14.3. The molecule has 0 aromatic rings. The van der Waals surface area contributed by atoms with Crippen LogP contribution in [0.25, 0.3) is 0 Å². The Kier molecular flexibility index (Phi) is 5.59. The minimum atomic E-state index is -0.362. The summed E-state index contributed by atoms with van der Waals surface area (Å²) in [7, 11) is 0. The second-order valence-corrected chi connectivity index (χ2v) is 14.9. The summed E-state index contributed by atoms with van der Waals surface area (Å²) >= 11 is 0. The lowest BCUT2D eigenvalue weighted by molar-refractivity contribution is -0.202. The van der Waals surface area contributed by atoms with Gasteiger partial charge in [0, 0.05) is 17.8 Å². The smallest absolute Gasteiger partial charge is 0.135 e. The molecule has 0 heterocycles. The van der Waals surface area contributed by atoms with Crippen molar-refractivity contribution in [1.82, 2.24) is 0 Å². The van der Waals surface area contributed by atoms with Crippen LogP contribution in [0.4, 0.5) is 0 Å². The summed E-state index contributed by atoms with van der Waals surface area (Å²) in [4.78, 5) is 12.3. The van der Waals surface area contributed by atoms with Crippen LogP contribution in [0.15, 0.2) is 0 Å². The van der Waals surface area contributed by atoms with Crippen molar-refractivity contribution in [2.75, 3.05) is 0 Å². The van der Waals surface area contributed by atoms with Gasteiger partial charge in [0.15, 0.2) is 0 Å². The molecule has 0 saturated heterocycles. The third-order valence-electron chi connectivity index (χ3n) is 13.2. The first-order chi connectivity index (χ1) is 15.7. The Balaban J connectivity index is 1.46. The van der Waals surface area contributed by atoms with Gasteiger partial charge in [-0.1, -0.05) is 48.5 Å². The summed E-state index contributed by atoms with van der Waals surface area (Å²) in [6, 6.07) is 0. The van der Waals surface area contributed by atoms with Gasteiger partial charge in [-0.25, -0.2) is 0 Å². The fraction of sp³-hybridized carbons (Fsp3) is 0.967. The molecule has 0 aromatic heterocycles. The molecule has 3 N–H and O–H groups in total. The molecule has 2 spiro atoms. The molecule has 11 unspecified atom stereocenters. The molecule has 0 aliphatic heterocycles. The highest BCUT2D eigenvalue weighted by atomic mass is 16.3. The second-order valence-electron chi connectivity index (χ2n) is 14.9. The third-order valence-corrected chi connectivity index (χ3v) is 13.2. The molecular formula is C30H50O4. The van der Waals surface area contributed by atoms with Crippen molar-refractivity contribution in [3.05, 3.63) is 0 Å². The maximum Gasteiger partial charge on any atom is 0.135 e. The molecular weight excluding hydrogens is 424 g/mol. The summed E-state index contributed by atoms with van der Waals surface area (Å²) in [5.41, 5.74) is -0.0826. The van der Waals surface area contributed by atoms with E-state index in [0.29, 0.717) is 24.0 Å². The van der Waals surface area contributed by atoms with Gasteiger partial charge in [0.25, 0.3) is 0 Å². The van der Waals surface area contributed by atoms with E-state index in [4.69, 9.17) is 0 Å². The lowest BCUT2D eigenvalue weighted by Crippen LogP contribution is -2.62. The van der Waals surface area contributed by atoms with E-state index in [1.165, 1.54) is 0 Å². The normalized spacial score (nSPS) is 54.0. The van der Waals surface area contributed by atoms with E-state index in [-0.39, 0.29) is 63.1 Å². The number of ketones is 1. The average molecular weight is 475 g/mol. The van der Waals surface area contributed by atoms with E-state index in [1.807, 2.05) is 13.8 Å². The Morgan fingerprint density at radius 2 is 1.53 bits per heavy atom. The fourth-order valence-corrected chi connectivity index (χ4v) is 11.3. The molecule has 0 aromatic carbocycles. The maximum atomic E-state index is 12.3. The number of carbonyl (C=O) groups is 1. The quantitative estimate of drug-likeness (QED) is 0.501. The minimum absolute atomic E-state index is 0.00130. The van der Waals surface area contributed by atoms with Gasteiger partial charge in [0.1, 0.15) is 5.78 Å². The van der Waals surface area contributed by atoms with Crippen LogP contribution in [0.2, 0.25) is 0 Å². The number of Topliss-reactive ketones (excluding diaryl/α,β-unsaturated/α-hetero) is 1. The molecule has 4 nitrogen and oxygen atoms in total. The van der Waals surface area contributed by atoms with Crippen molar-refractivity contribution >= 4 is 5.78 Å². The monoisotopic (exact) mass is 474 g/mol. The minimum Gasteiger partial charge on any atom is -0.393 e. The lowest BCUT2D eigenvalue weighted by Gasteiger charge is -2.64. The van der Waals surface area contributed by atoms with Crippen molar-refractivity contribution in [1.29, 1.82) is 0 Å². The molecule has 0 radical (unpaired) electrons. The summed E-state index contributed by atoms with van der Waals surface area (Å²) in [5.74, 6) is 1.68. The largest absolute Gasteiger partial charge is 0.393 e. The Hall–Kier alpha value is -0.450. The Bertz CT molecular complexity index is 851. The number of aliphatic hydroxyl groups excluding tert-OH is 3. The van der Waals surface area contributed by atoms with Crippen LogP contribution in [0, 0.1) is 56.7 Å². The summed E-state index contributed by atoms with van der Waals surface area (Å²) < 4.78 is 0. The van der Waals surface area contributed by atoms with E-state index >= 15 is 0 Å². The predicted octanol–water partition coefficient (Wildman–Crippen LogP) is 5.37. The van der Waals surface area contributed by atoms with Gasteiger partial charge in [-0.05, 0) is 96.7 Å². The lowest BCUT2D eigenvalue weighted by atomic mass is 9.41. The fourth-order valence-electron chi connectivity index (χ4n) is 11.3. The Morgan fingerprint density at radius 3 is 2.18 bits per heavy atom. The van der Waals surface area contributed by atoms with Crippen molar-refractivity contribution in [3.63, 3.8) is 0 Å². The predicted molar refractivity (Wildman–Crippen MR) is 134 cm³/mol. The number of carbonyl (C=O) groups excluding carboxylic acids is 1. The van der Waals surface area contributed by atoms with Crippen molar-refractivity contribution < 1.29 is 20.1 Å². The third kappa shape index (κ3) is 2.86. The number of fused-ring (bicyclic) bond motifs is 2. The molecule has 0 bridgehead atoms. The van der Waals surface area contributed by atoms with Gasteiger partial charge in [-0.2, -0.15) is 0 Å². The van der Waals surface area contributed by atoms with E-state index in [2.05, 4.69) is 34.6 Å². The van der Waals surface area contributed by atoms with Gasteiger partial charge in [0.2, 0.25) is 0 Å². The maximum absolute atomic E-state index is 12.3. The molecule has 5 fully saturated rings. The molecule has 5 aliphatic carbocycles. The molecule has 34 heavy (non-hydrogen) atoms. The van der Waals surface area contributed by atoms with Gasteiger partial charge in [0.05, 0.1) is 18.3 Å². The van der Waals surface area contributed by atoms with Crippen LogP contribution in [0.5, 0.6) is 0 Å². The van der Waals surface area contributed by atoms with E-state index in [0.717, 1.165) is 51.4 Å². The highest BCUT2D eigenvalue weighted by Crippen LogP contribution is 2.88. The van der Waals surface area contributed by atoms with Crippen LogP contribution in [0.1, 0.15) is 106 Å². The molecule has 5 rings (SSSR count). The Labute approximate surface area is 207 Å². The van der Waals surface area contributed by atoms with Gasteiger partial charge in [-0.15, -0.1) is 0 Å². The van der Waals surface area contributed by atoms with Crippen molar-refractivity contribution in [2.45, 2.75) is 125 Å². The standard InChI is InChI=1S/C30H50O4/c1-17(2)19(31)9-8-18(3)25-20(32)14-27(6)22-11-10-21-26(4,5)23(33)12-13-29(21)16-30(22,29)24(34)15-28(25,27)7/h17-18,20-25,32-34H,8-16H2,1-7H3. The van der Waals surface area contributed by atoms with Gasteiger partial charge in [-0.3, -0.25) is 4.79 Å². The van der Waals surface area contributed by atoms with Crippen molar-refractivity contribution in [3.8, 4) is 0 Å². The van der Waals surface area contributed by atoms with Crippen LogP contribution in [-0.4, -0.2) is 39.4 Å². The highest BCUT2D eigenvalue weighted by Gasteiger charge is 2.85. The first kappa shape index (κ1) is 25.2. The number of hydrogen-bond acceptors (Lipinski definition) is 4. The summed E-state index contributed by atoms with van der Waals surface area (Å²) in [6.45, 7) is 15.5. The number of rotatable bonds is 5. The van der Waals surface area contributed by atoms with E-state index in [9.17, 15) is 20.1 Å². The Morgan fingerprint density at radius 1 is 0.882 bits per heavy atom. The van der Waals surface area contributed by atoms with Gasteiger partial charge < -0.3 is 15.3 Å². The van der Waals surface area contributed by atoms with Crippen molar-refractivity contribution in [2.24, 2.45) is 56.7 Å². The molecule has 4 heteroatoms. The first-order valence-corrected chi connectivity index (χ1v) is 14.3. The zero-order valence-electron chi connectivity index (χ0n) is 22.7. The molecule has 0 amide bonds. The average Bonchev–Trinajstić information content (AvgIpc) is 3.38. The number of hydrogen-bond donors (Lipinski definition) is 3. The highest BCUT2D eigenvalue weighted by molar-refractivity contribution is 5.80. The molecule has 11 atom stereocenters. The SMILES string of the molecule is CC(C)C(=O)CCC(C)C1C(O)CC2(C)C3CCC4C(C)(C)C(O)CCC45CC35C(O)CC12C. The van der Waals surface area contributed by atoms with Gasteiger partial charge >= 0.3 is 0 Å². The van der Waals surface area contributed by atoms with Crippen LogP contribution in [-0.2, 0) is 4.79 Å². The zero-order valence-corrected chi connectivity index (χ0v) is 22.7. The van der Waals surface area contributed by atoms with Crippen LogP contribution >= 0.6 is 0 Å². The van der Waals surface area contributed by atoms with E-state index in [1.54, 1.807) is 0 Å². The second kappa shape index (κ2) is 7.54. The van der Waals surface area contributed by atoms with E-state index < -0.39 is 0 Å². The topological polar surface area (TPSA) is 77.8 Å². The van der Waals surface area contributed by atoms with Crippen LogP contribution < -0.4 is 0 Å². The molecule has 194 valence electrons. The zero-order chi connectivity index (χ0) is 25.1. The molecule has 5 saturated carbocycles. The number of aliphatic hydroxyl groups is 3. The summed E-state index contributed by atoms with van der Waals surface area (Å²) in [6.07, 6.45) is 7.31. The summed E-state index contributed by atoms with van der Waals surface area (Å²) in [5, 5.41) is 34.3. The molecule has 5 aliphatic rings. The van der Waals surface area contributed by atoms with Crippen LogP contribution in [0.3, 0.4) is 0 Å².